The first-order valence-electron chi connectivity index (χ1n) is 5.93. The number of ether oxygens (including phenoxy) is 1. The van der Waals surface area contributed by atoms with Crippen LogP contribution in [0.15, 0.2) is 40.8 Å². The number of halogens is 1. The molecule has 6 heteroatoms. The van der Waals surface area contributed by atoms with Crippen LogP contribution in [-0.2, 0) is 0 Å². The number of methoxy groups -OCH3 is 1. The van der Waals surface area contributed by atoms with Crippen molar-refractivity contribution in [1.82, 2.24) is 10.2 Å². The molecule has 2 heterocycles. The number of hydrogen-bond acceptors (Lipinski definition) is 4. The van der Waals surface area contributed by atoms with Crippen LogP contribution >= 0.6 is 11.6 Å². The molecule has 20 heavy (non-hydrogen) atoms. The zero-order chi connectivity index (χ0) is 14.1. The average molecular weight is 290 g/mol. The van der Waals surface area contributed by atoms with E-state index < -0.39 is 0 Å². The Balaban J connectivity index is 2.21. The molecular weight excluding hydrogens is 278 g/mol. The summed E-state index contributed by atoms with van der Waals surface area (Å²) >= 11 is 5.82. The van der Waals surface area contributed by atoms with Crippen molar-refractivity contribution in [2.45, 2.75) is 0 Å². The van der Waals surface area contributed by atoms with E-state index in [2.05, 4.69) is 10.2 Å². The molecule has 2 aromatic heterocycles. The first-order valence-corrected chi connectivity index (χ1v) is 6.31. The third kappa shape index (κ3) is 2.02. The summed E-state index contributed by atoms with van der Waals surface area (Å²) in [7, 11) is 1.61. The SMILES string of the molecule is COc1ccccc1-c1c(N)n[nH]c1-c1ccc(Cl)o1. The van der Waals surface area contributed by atoms with Gasteiger partial charge in [-0.15, -0.1) is 0 Å². The van der Waals surface area contributed by atoms with Gasteiger partial charge in [0.15, 0.2) is 16.8 Å². The summed E-state index contributed by atoms with van der Waals surface area (Å²) in [5.74, 6) is 1.65. The standard InChI is InChI=1S/C14H12ClN3O2/c1-19-9-5-3-2-4-8(9)12-13(17-18-14(12)16)10-6-7-11(15)20-10/h2-7H,1H3,(H3,16,17,18). The lowest BCUT2D eigenvalue weighted by Gasteiger charge is -2.08. The number of furan rings is 1. The second-order valence-electron chi connectivity index (χ2n) is 4.16. The van der Waals surface area contributed by atoms with Crippen LogP contribution in [0.5, 0.6) is 5.75 Å². The lowest BCUT2D eigenvalue weighted by Crippen LogP contribution is -1.92. The maximum atomic E-state index is 5.97. The Bertz CT molecular complexity index is 748. The van der Waals surface area contributed by atoms with E-state index in [9.17, 15) is 0 Å². The molecule has 1 aromatic carbocycles. The van der Waals surface area contributed by atoms with Crippen molar-refractivity contribution in [3.8, 4) is 28.3 Å². The van der Waals surface area contributed by atoms with Gasteiger partial charge in [0.25, 0.3) is 0 Å². The van der Waals surface area contributed by atoms with Crippen molar-refractivity contribution in [1.29, 1.82) is 0 Å². The Labute approximate surface area is 120 Å². The van der Waals surface area contributed by atoms with E-state index in [0.717, 1.165) is 11.1 Å². The van der Waals surface area contributed by atoms with Gasteiger partial charge in [0.05, 0.1) is 12.7 Å². The zero-order valence-electron chi connectivity index (χ0n) is 10.7. The molecule has 0 radical (unpaired) electrons. The van der Waals surface area contributed by atoms with E-state index in [0.29, 0.717) is 28.2 Å². The monoisotopic (exact) mass is 289 g/mol. The fraction of sp³-hybridized carbons (Fsp3) is 0.0714. The molecule has 0 unspecified atom stereocenters. The second-order valence-corrected chi connectivity index (χ2v) is 4.54. The molecule has 5 nitrogen and oxygen atoms in total. The first kappa shape index (κ1) is 12.6. The molecule has 0 aliphatic heterocycles. The largest absolute Gasteiger partial charge is 0.496 e. The number of aromatic nitrogens is 2. The molecule has 3 aromatic rings. The summed E-state index contributed by atoms with van der Waals surface area (Å²) in [6.45, 7) is 0. The van der Waals surface area contributed by atoms with Gasteiger partial charge in [0.2, 0.25) is 0 Å². The number of anilines is 1. The third-order valence-electron chi connectivity index (χ3n) is 2.99. The number of benzene rings is 1. The molecule has 0 atom stereocenters. The minimum Gasteiger partial charge on any atom is -0.496 e. The average Bonchev–Trinajstić information content (AvgIpc) is 3.04. The van der Waals surface area contributed by atoms with E-state index in [1.54, 1.807) is 19.2 Å². The van der Waals surface area contributed by atoms with E-state index in [4.69, 9.17) is 26.5 Å². The van der Waals surface area contributed by atoms with E-state index in [1.165, 1.54) is 0 Å². The fourth-order valence-electron chi connectivity index (χ4n) is 2.11. The minimum atomic E-state index is 0.305. The summed E-state index contributed by atoms with van der Waals surface area (Å²) in [6.07, 6.45) is 0. The smallest absolute Gasteiger partial charge is 0.194 e. The number of nitrogens with two attached hydrogens (primary N) is 1. The maximum Gasteiger partial charge on any atom is 0.194 e. The van der Waals surface area contributed by atoms with Crippen molar-refractivity contribution in [3.63, 3.8) is 0 Å². The maximum absolute atomic E-state index is 5.97. The minimum absolute atomic E-state index is 0.305. The van der Waals surface area contributed by atoms with Gasteiger partial charge in [-0.05, 0) is 29.8 Å². The van der Waals surface area contributed by atoms with Crippen LogP contribution in [0.3, 0.4) is 0 Å². The van der Waals surface area contributed by atoms with Crippen molar-refractivity contribution in [2.24, 2.45) is 0 Å². The lowest BCUT2D eigenvalue weighted by atomic mass is 10.0. The number of hydrogen-bond donors (Lipinski definition) is 2. The number of nitrogens with one attached hydrogen (secondary N) is 1. The number of H-pyrrole nitrogens is 1. The Morgan fingerprint density at radius 2 is 2.05 bits per heavy atom. The molecular formula is C14H12ClN3O2. The highest BCUT2D eigenvalue weighted by Crippen LogP contribution is 2.40. The molecule has 0 spiro atoms. The summed E-state index contributed by atoms with van der Waals surface area (Å²) in [5, 5.41) is 7.22. The van der Waals surface area contributed by atoms with E-state index >= 15 is 0 Å². The quantitative estimate of drug-likeness (QED) is 0.772. The molecule has 3 rings (SSSR count). The highest BCUT2D eigenvalue weighted by Gasteiger charge is 2.19. The molecule has 0 fully saturated rings. The predicted molar refractivity (Wildman–Crippen MR) is 77.7 cm³/mol. The van der Waals surface area contributed by atoms with Crippen LogP contribution < -0.4 is 10.5 Å². The Morgan fingerprint density at radius 1 is 1.25 bits per heavy atom. The van der Waals surface area contributed by atoms with Crippen LogP contribution in [0, 0.1) is 0 Å². The summed E-state index contributed by atoms with van der Waals surface area (Å²) in [6, 6.07) is 11.0. The van der Waals surface area contributed by atoms with E-state index in [-0.39, 0.29) is 0 Å². The van der Waals surface area contributed by atoms with Crippen LogP contribution in [-0.4, -0.2) is 17.3 Å². The number of nitrogen functional groups attached to an aromatic ring is 1. The molecule has 0 saturated carbocycles. The second kappa shape index (κ2) is 4.94. The molecule has 0 bridgehead atoms. The highest BCUT2D eigenvalue weighted by atomic mass is 35.5. The van der Waals surface area contributed by atoms with Gasteiger partial charge in [-0.1, -0.05) is 18.2 Å². The molecule has 3 N–H and O–H groups in total. The van der Waals surface area contributed by atoms with Gasteiger partial charge in [0, 0.05) is 5.56 Å². The lowest BCUT2D eigenvalue weighted by molar-refractivity contribution is 0.416. The van der Waals surface area contributed by atoms with Gasteiger partial charge in [-0.2, -0.15) is 5.10 Å². The number of rotatable bonds is 3. The number of para-hydroxylation sites is 1. The van der Waals surface area contributed by atoms with Crippen LogP contribution in [0.4, 0.5) is 5.82 Å². The first-order chi connectivity index (χ1) is 9.70. The van der Waals surface area contributed by atoms with E-state index in [1.807, 2.05) is 24.3 Å². The Kier molecular flexibility index (Phi) is 3.12. The van der Waals surface area contributed by atoms with Gasteiger partial charge in [0.1, 0.15) is 11.4 Å². The summed E-state index contributed by atoms with van der Waals surface area (Å²) in [4.78, 5) is 0. The van der Waals surface area contributed by atoms with Crippen molar-refractivity contribution in [3.05, 3.63) is 41.6 Å². The Hall–Kier alpha value is -2.40. The van der Waals surface area contributed by atoms with Crippen molar-refractivity contribution < 1.29 is 9.15 Å². The third-order valence-corrected chi connectivity index (χ3v) is 3.19. The van der Waals surface area contributed by atoms with Crippen LogP contribution in [0.1, 0.15) is 0 Å². The molecule has 0 saturated heterocycles. The summed E-state index contributed by atoms with van der Waals surface area (Å²) in [5.41, 5.74) is 8.20. The molecule has 0 aliphatic carbocycles. The predicted octanol–water partition coefficient (Wildman–Crippen LogP) is 3.58. The van der Waals surface area contributed by atoms with Crippen molar-refractivity contribution >= 4 is 17.4 Å². The van der Waals surface area contributed by atoms with Crippen LogP contribution in [0.2, 0.25) is 5.22 Å². The van der Waals surface area contributed by atoms with Crippen LogP contribution in [0.25, 0.3) is 22.6 Å². The number of aromatic amines is 1. The topological polar surface area (TPSA) is 77.1 Å². The van der Waals surface area contributed by atoms with Gasteiger partial charge >= 0.3 is 0 Å². The summed E-state index contributed by atoms with van der Waals surface area (Å²) < 4.78 is 10.8. The van der Waals surface area contributed by atoms with Gasteiger partial charge in [-0.25, -0.2) is 0 Å². The molecule has 0 aliphatic rings. The van der Waals surface area contributed by atoms with Gasteiger partial charge in [-0.3, -0.25) is 5.10 Å². The molecule has 102 valence electrons. The highest BCUT2D eigenvalue weighted by molar-refractivity contribution is 6.29. The normalized spacial score (nSPS) is 10.7. The van der Waals surface area contributed by atoms with Gasteiger partial charge < -0.3 is 14.9 Å². The molecule has 0 amide bonds. The fourth-order valence-corrected chi connectivity index (χ4v) is 2.25. The Morgan fingerprint density at radius 3 is 2.75 bits per heavy atom. The van der Waals surface area contributed by atoms with Crippen molar-refractivity contribution in [2.75, 3.05) is 12.8 Å². The zero-order valence-corrected chi connectivity index (χ0v) is 11.4. The number of nitrogens with zero attached hydrogens (tertiary/aromatic N) is 1.